The van der Waals surface area contributed by atoms with Crippen molar-refractivity contribution in [3.8, 4) is 11.5 Å². The SMILES string of the molecule is COc1cc2c(cc1OC)CN(C(=O)/C=C/c1ccc(C)o1)CC2. The maximum Gasteiger partial charge on any atom is 0.246 e. The lowest BCUT2D eigenvalue weighted by molar-refractivity contribution is -0.126. The molecule has 0 spiro atoms. The van der Waals surface area contributed by atoms with E-state index >= 15 is 0 Å². The highest BCUT2D eigenvalue weighted by molar-refractivity contribution is 5.91. The molecule has 0 saturated carbocycles. The third-order valence-electron chi connectivity index (χ3n) is 4.18. The van der Waals surface area contributed by atoms with Crippen molar-refractivity contribution in [1.29, 1.82) is 0 Å². The molecule has 0 atom stereocenters. The van der Waals surface area contributed by atoms with E-state index in [1.807, 2.05) is 36.1 Å². The van der Waals surface area contributed by atoms with Crippen LogP contribution in [0.1, 0.15) is 22.6 Å². The van der Waals surface area contributed by atoms with Crippen LogP contribution in [0, 0.1) is 6.92 Å². The average molecular weight is 327 g/mol. The molecule has 1 aromatic heterocycles. The van der Waals surface area contributed by atoms with Crippen LogP contribution >= 0.6 is 0 Å². The predicted octanol–water partition coefficient (Wildman–Crippen LogP) is 3.20. The molecular formula is C19H21NO4. The third kappa shape index (κ3) is 3.30. The van der Waals surface area contributed by atoms with E-state index in [1.54, 1.807) is 26.4 Å². The number of benzene rings is 1. The van der Waals surface area contributed by atoms with Crippen LogP contribution in [-0.4, -0.2) is 31.6 Å². The molecule has 1 aromatic carbocycles. The number of hydrogen-bond acceptors (Lipinski definition) is 4. The number of rotatable bonds is 4. The molecular weight excluding hydrogens is 306 g/mol. The zero-order valence-electron chi connectivity index (χ0n) is 14.2. The van der Waals surface area contributed by atoms with Gasteiger partial charge in [0.25, 0.3) is 0 Å². The van der Waals surface area contributed by atoms with Crippen molar-refractivity contribution in [2.45, 2.75) is 19.9 Å². The Morgan fingerprint density at radius 3 is 2.50 bits per heavy atom. The van der Waals surface area contributed by atoms with Crippen LogP contribution in [0.25, 0.3) is 6.08 Å². The van der Waals surface area contributed by atoms with Gasteiger partial charge in [-0.1, -0.05) is 0 Å². The molecule has 126 valence electrons. The van der Waals surface area contributed by atoms with Gasteiger partial charge in [0.2, 0.25) is 5.91 Å². The van der Waals surface area contributed by atoms with Crippen molar-refractivity contribution in [3.05, 3.63) is 53.0 Å². The molecule has 0 fully saturated rings. The summed E-state index contributed by atoms with van der Waals surface area (Å²) < 4.78 is 16.1. The lowest BCUT2D eigenvalue weighted by atomic mass is 9.98. The molecule has 0 radical (unpaired) electrons. The van der Waals surface area contributed by atoms with Gasteiger partial charge in [0, 0.05) is 19.2 Å². The second kappa shape index (κ2) is 6.83. The topological polar surface area (TPSA) is 51.9 Å². The van der Waals surface area contributed by atoms with Gasteiger partial charge in [-0.3, -0.25) is 4.79 Å². The van der Waals surface area contributed by atoms with Crippen LogP contribution in [0.15, 0.2) is 34.8 Å². The molecule has 2 heterocycles. The molecule has 3 rings (SSSR count). The lowest BCUT2D eigenvalue weighted by Crippen LogP contribution is -2.34. The zero-order valence-corrected chi connectivity index (χ0v) is 14.2. The number of furan rings is 1. The van der Waals surface area contributed by atoms with Gasteiger partial charge in [0.15, 0.2) is 11.5 Å². The minimum atomic E-state index is -0.0236. The Morgan fingerprint density at radius 2 is 1.88 bits per heavy atom. The minimum absolute atomic E-state index is 0.0236. The van der Waals surface area contributed by atoms with E-state index in [1.165, 1.54) is 5.56 Å². The van der Waals surface area contributed by atoms with Gasteiger partial charge in [-0.05, 0) is 54.8 Å². The highest BCUT2D eigenvalue weighted by Crippen LogP contribution is 2.33. The number of amides is 1. The van der Waals surface area contributed by atoms with Gasteiger partial charge in [0.1, 0.15) is 11.5 Å². The van der Waals surface area contributed by atoms with Crippen molar-refractivity contribution in [2.24, 2.45) is 0 Å². The first kappa shape index (κ1) is 16.2. The number of fused-ring (bicyclic) bond motifs is 1. The van der Waals surface area contributed by atoms with E-state index in [9.17, 15) is 4.79 Å². The van der Waals surface area contributed by atoms with Crippen molar-refractivity contribution in [1.82, 2.24) is 4.90 Å². The fourth-order valence-corrected chi connectivity index (χ4v) is 2.87. The average Bonchev–Trinajstić information content (AvgIpc) is 3.03. The maximum atomic E-state index is 12.4. The van der Waals surface area contributed by atoms with E-state index in [0.717, 1.165) is 23.5 Å². The van der Waals surface area contributed by atoms with E-state index in [4.69, 9.17) is 13.9 Å². The Kier molecular flexibility index (Phi) is 4.60. The zero-order chi connectivity index (χ0) is 17.1. The maximum absolute atomic E-state index is 12.4. The number of carbonyl (C=O) groups excluding carboxylic acids is 1. The predicted molar refractivity (Wildman–Crippen MR) is 91.1 cm³/mol. The number of carbonyl (C=O) groups is 1. The van der Waals surface area contributed by atoms with E-state index in [0.29, 0.717) is 24.6 Å². The van der Waals surface area contributed by atoms with Gasteiger partial charge < -0.3 is 18.8 Å². The van der Waals surface area contributed by atoms with Crippen LogP contribution in [0.5, 0.6) is 11.5 Å². The highest BCUT2D eigenvalue weighted by Gasteiger charge is 2.21. The fraction of sp³-hybridized carbons (Fsp3) is 0.316. The molecule has 5 heteroatoms. The van der Waals surface area contributed by atoms with E-state index < -0.39 is 0 Å². The number of methoxy groups -OCH3 is 2. The summed E-state index contributed by atoms with van der Waals surface area (Å²) >= 11 is 0. The van der Waals surface area contributed by atoms with Crippen molar-refractivity contribution < 1.29 is 18.7 Å². The number of nitrogens with zero attached hydrogens (tertiary/aromatic N) is 1. The normalized spacial score (nSPS) is 13.9. The quantitative estimate of drug-likeness (QED) is 0.809. The summed E-state index contributed by atoms with van der Waals surface area (Å²) in [6.07, 6.45) is 4.07. The Morgan fingerprint density at radius 1 is 1.17 bits per heavy atom. The Hall–Kier alpha value is -2.69. The molecule has 0 unspecified atom stereocenters. The second-order valence-corrected chi connectivity index (χ2v) is 5.77. The van der Waals surface area contributed by atoms with Gasteiger partial charge >= 0.3 is 0 Å². The van der Waals surface area contributed by atoms with Crippen LogP contribution in [0.3, 0.4) is 0 Å². The van der Waals surface area contributed by atoms with Gasteiger partial charge in [0.05, 0.1) is 14.2 Å². The first-order valence-corrected chi connectivity index (χ1v) is 7.88. The van der Waals surface area contributed by atoms with Crippen LogP contribution in [-0.2, 0) is 17.8 Å². The summed E-state index contributed by atoms with van der Waals surface area (Å²) in [6, 6.07) is 7.67. The minimum Gasteiger partial charge on any atom is -0.493 e. The summed E-state index contributed by atoms with van der Waals surface area (Å²) in [5, 5.41) is 0. The number of hydrogen-bond donors (Lipinski definition) is 0. The molecule has 1 amide bonds. The Balaban J connectivity index is 1.74. The fourth-order valence-electron chi connectivity index (χ4n) is 2.87. The van der Waals surface area contributed by atoms with Gasteiger partial charge in [-0.2, -0.15) is 0 Å². The summed E-state index contributed by atoms with van der Waals surface area (Å²) in [5.41, 5.74) is 2.29. The van der Waals surface area contributed by atoms with E-state index in [2.05, 4.69) is 0 Å². The summed E-state index contributed by atoms with van der Waals surface area (Å²) in [4.78, 5) is 14.2. The standard InChI is InChI=1S/C19H21NO4/c1-13-4-5-16(24-13)6-7-19(21)20-9-8-14-10-17(22-2)18(23-3)11-15(14)12-20/h4-7,10-11H,8-9,12H2,1-3H3/b7-6+. The monoisotopic (exact) mass is 327 g/mol. The summed E-state index contributed by atoms with van der Waals surface area (Å²) in [6.45, 7) is 3.13. The molecule has 1 aliphatic heterocycles. The number of aryl methyl sites for hydroxylation is 1. The highest BCUT2D eigenvalue weighted by atomic mass is 16.5. The van der Waals surface area contributed by atoms with Gasteiger partial charge in [-0.15, -0.1) is 0 Å². The van der Waals surface area contributed by atoms with Crippen molar-refractivity contribution in [2.75, 3.05) is 20.8 Å². The Labute approximate surface area is 141 Å². The molecule has 1 aliphatic rings. The molecule has 0 N–H and O–H groups in total. The van der Waals surface area contributed by atoms with Crippen LogP contribution < -0.4 is 9.47 Å². The second-order valence-electron chi connectivity index (χ2n) is 5.77. The van der Waals surface area contributed by atoms with E-state index in [-0.39, 0.29) is 5.91 Å². The molecule has 5 nitrogen and oxygen atoms in total. The van der Waals surface area contributed by atoms with Crippen molar-refractivity contribution in [3.63, 3.8) is 0 Å². The lowest BCUT2D eigenvalue weighted by Gasteiger charge is -2.28. The molecule has 0 bridgehead atoms. The largest absolute Gasteiger partial charge is 0.493 e. The van der Waals surface area contributed by atoms with Crippen molar-refractivity contribution >= 4 is 12.0 Å². The molecule has 0 saturated heterocycles. The van der Waals surface area contributed by atoms with Gasteiger partial charge in [-0.25, -0.2) is 0 Å². The molecule has 0 aliphatic carbocycles. The third-order valence-corrected chi connectivity index (χ3v) is 4.18. The first-order valence-electron chi connectivity index (χ1n) is 7.88. The smallest absolute Gasteiger partial charge is 0.246 e. The summed E-state index contributed by atoms with van der Waals surface area (Å²) in [7, 11) is 3.24. The first-order chi connectivity index (χ1) is 11.6. The molecule has 24 heavy (non-hydrogen) atoms. The summed E-state index contributed by atoms with van der Waals surface area (Å²) in [5.74, 6) is 2.90. The van der Waals surface area contributed by atoms with Crippen LogP contribution in [0.2, 0.25) is 0 Å². The van der Waals surface area contributed by atoms with Crippen LogP contribution in [0.4, 0.5) is 0 Å². The molecule has 2 aromatic rings. The number of ether oxygens (including phenoxy) is 2. The Bertz CT molecular complexity index is 776.